The van der Waals surface area contributed by atoms with Crippen molar-refractivity contribution in [3.63, 3.8) is 0 Å². The third-order valence-corrected chi connectivity index (χ3v) is 2.83. The maximum atomic E-state index is 5.56. The minimum Gasteiger partial charge on any atom is -0.308 e. The fraction of sp³-hybridized carbons (Fsp3) is 0.231. The van der Waals surface area contributed by atoms with Crippen molar-refractivity contribution in [3.8, 4) is 0 Å². The van der Waals surface area contributed by atoms with Gasteiger partial charge in [0.25, 0.3) is 0 Å². The first-order valence-corrected chi connectivity index (χ1v) is 6.41. The summed E-state index contributed by atoms with van der Waals surface area (Å²) >= 11 is 0. The fourth-order valence-corrected chi connectivity index (χ4v) is 1.97. The normalized spacial score (nSPS) is 10.4. The second-order valence-electron chi connectivity index (χ2n) is 3.15. The Morgan fingerprint density at radius 1 is 0.941 bits per heavy atom. The van der Waals surface area contributed by atoms with Crippen LogP contribution in [0.15, 0.2) is 55.6 Å². The molecule has 1 rings (SSSR count). The standard InChI is InChI=1S/C13H17O3P/c1-3-10-14-17(15-11-4-2)16-12-13-8-6-5-7-9-13/h3-9H,1-2,10-12H2. The smallest absolute Gasteiger partial charge is 0.308 e. The molecule has 0 radical (unpaired) electrons. The van der Waals surface area contributed by atoms with Crippen molar-refractivity contribution in [1.82, 2.24) is 0 Å². The van der Waals surface area contributed by atoms with Gasteiger partial charge in [-0.05, 0) is 5.56 Å². The minimum absolute atomic E-state index is 0.414. The summed E-state index contributed by atoms with van der Waals surface area (Å²) in [4.78, 5) is 0. The molecule has 1 aromatic carbocycles. The first-order valence-electron chi connectivity index (χ1n) is 5.31. The molecule has 0 fully saturated rings. The molecule has 0 aliphatic carbocycles. The van der Waals surface area contributed by atoms with E-state index in [-0.39, 0.29) is 0 Å². The lowest BCUT2D eigenvalue weighted by Gasteiger charge is -2.14. The molecule has 0 N–H and O–H groups in total. The van der Waals surface area contributed by atoms with Gasteiger partial charge in [0.05, 0.1) is 19.8 Å². The number of hydrogen-bond donors (Lipinski definition) is 0. The lowest BCUT2D eigenvalue weighted by molar-refractivity contribution is 0.175. The molecular weight excluding hydrogens is 235 g/mol. The van der Waals surface area contributed by atoms with Gasteiger partial charge in [-0.25, -0.2) is 0 Å². The Morgan fingerprint density at radius 2 is 1.53 bits per heavy atom. The molecule has 0 saturated carbocycles. The molecule has 4 heteroatoms. The van der Waals surface area contributed by atoms with Gasteiger partial charge in [0.1, 0.15) is 0 Å². The van der Waals surface area contributed by atoms with E-state index < -0.39 is 8.60 Å². The molecule has 0 saturated heterocycles. The van der Waals surface area contributed by atoms with Crippen molar-refractivity contribution in [2.45, 2.75) is 6.61 Å². The van der Waals surface area contributed by atoms with Crippen molar-refractivity contribution in [1.29, 1.82) is 0 Å². The Morgan fingerprint density at radius 3 is 2.06 bits per heavy atom. The first kappa shape index (κ1) is 14.1. The second kappa shape index (κ2) is 9.08. The van der Waals surface area contributed by atoms with Gasteiger partial charge in [-0.2, -0.15) is 0 Å². The molecule has 0 aliphatic heterocycles. The Kier molecular flexibility index (Phi) is 7.52. The zero-order chi connectivity index (χ0) is 12.3. The van der Waals surface area contributed by atoms with E-state index in [0.29, 0.717) is 19.8 Å². The summed E-state index contributed by atoms with van der Waals surface area (Å²) in [5.74, 6) is 0. The highest BCUT2D eigenvalue weighted by Crippen LogP contribution is 2.40. The summed E-state index contributed by atoms with van der Waals surface area (Å²) in [6.07, 6.45) is 3.33. The van der Waals surface area contributed by atoms with Gasteiger partial charge in [0, 0.05) is 0 Å². The van der Waals surface area contributed by atoms with E-state index in [1.807, 2.05) is 30.3 Å². The molecule has 0 heterocycles. The molecule has 0 aromatic heterocycles. The van der Waals surface area contributed by atoms with Gasteiger partial charge < -0.3 is 13.6 Å². The minimum atomic E-state index is -1.34. The van der Waals surface area contributed by atoms with Crippen molar-refractivity contribution in [3.05, 3.63) is 61.2 Å². The van der Waals surface area contributed by atoms with Crippen LogP contribution >= 0.6 is 8.60 Å². The van der Waals surface area contributed by atoms with Crippen LogP contribution in [0.3, 0.4) is 0 Å². The molecule has 0 unspecified atom stereocenters. The van der Waals surface area contributed by atoms with E-state index in [1.54, 1.807) is 12.2 Å². The van der Waals surface area contributed by atoms with Crippen molar-refractivity contribution in [2.24, 2.45) is 0 Å². The lowest BCUT2D eigenvalue weighted by Crippen LogP contribution is -1.96. The zero-order valence-electron chi connectivity index (χ0n) is 9.75. The number of hydrogen-bond acceptors (Lipinski definition) is 3. The fourth-order valence-electron chi connectivity index (χ4n) is 1.04. The van der Waals surface area contributed by atoms with Gasteiger partial charge in [0.2, 0.25) is 0 Å². The molecule has 0 spiro atoms. The molecule has 0 atom stereocenters. The van der Waals surface area contributed by atoms with Gasteiger partial charge in [-0.15, -0.1) is 13.2 Å². The average Bonchev–Trinajstić information content (AvgIpc) is 2.39. The maximum Gasteiger partial charge on any atom is 0.333 e. The predicted octanol–water partition coefficient (Wildman–Crippen LogP) is 3.84. The summed E-state index contributed by atoms with van der Waals surface area (Å²) < 4.78 is 16.3. The Hall–Kier alpha value is -0.990. The molecule has 0 bridgehead atoms. The van der Waals surface area contributed by atoms with E-state index in [0.717, 1.165) is 5.56 Å². The molecule has 92 valence electrons. The van der Waals surface area contributed by atoms with Crippen LogP contribution in [0.4, 0.5) is 0 Å². The summed E-state index contributed by atoms with van der Waals surface area (Å²) in [5, 5.41) is 0. The second-order valence-corrected chi connectivity index (χ2v) is 4.37. The van der Waals surface area contributed by atoms with Crippen LogP contribution in [0.2, 0.25) is 0 Å². The average molecular weight is 252 g/mol. The van der Waals surface area contributed by atoms with Crippen molar-refractivity contribution >= 4 is 8.60 Å². The predicted molar refractivity (Wildman–Crippen MR) is 70.4 cm³/mol. The van der Waals surface area contributed by atoms with Crippen LogP contribution in [0, 0.1) is 0 Å². The van der Waals surface area contributed by atoms with E-state index >= 15 is 0 Å². The first-order chi connectivity index (χ1) is 8.36. The van der Waals surface area contributed by atoms with Crippen LogP contribution in [0.5, 0.6) is 0 Å². The summed E-state index contributed by atoms with van der Waals surface area (Å²) in [5.41, 5.74) is 1.09. The Bertz CT molecular complexity index is 315. The third kappa shape index (κ3) is 6.35. The SMILES string of the molecule is C=CCOP(OCC=C)OCc1ccccc1. The topological polar surface area (TPSA) is 27.7 Å². The van der Waals surface area contributed by atoms with Crippen LogP contribution in [0.1, 0.15) is 5.56 Å². The quantitative estimate of drug-likeness (QED) is 0.493. The molecule has 0 amide bonds. The molecular formula is C13H17O3P. The maximum absolute atomic E-state index is 5.56. The van der Waals surface area contributed by atoms with Crippen LogP contribution in [-0.2, 0) is 20.2 Å². The number of rotatable bonds is 9. The molecule has 1 aromatic rings. The largest absolute Gasteiger partial charge is 0.333 e. The Labute approximate surface area is 104 Å². The van der Waals surface area contributed by atoms with Gasteiger partial charge in [0.15, 0.2) is 0 Å². The Balaban J connectivity index is 2.36. The highest BCUT2D eigenvalue weighted by molar-refractivity contribution is 7.41. The molecule has 3 nitrogen and oxygen atoms in total. The van der Waals surface area contributed by atoms with Crippen molar-refractivity contribution in [2.75, 3.05) is 13.2 Å². The van der Waals surface area contributed by atoms with E-state index in [2.05, 4.69) is 13.2 Å². The number of benzene rings is 1. The van der Waals surface area contributed by atoms with Gasteiger partial charge >= 0.3 is 8.60 Å². The molecule has 17 heavy (non-hydrogen) atoms. The highest BCUT2D eigenvalue weighted by atomic mass is 31.2. The van der Waals surface area contributed by atoms with Crippen LogP contribution < -0.4 is 0 Å². The molecule has 0 aliphatic rings. The van der Waals surface area contributed by atoms with E-state index in [1.165, 1.54) is 0 Å². The monoisotopic (exact) mass is 252 g/mol. The highest BCUT2D eigenvalue weighted by Gasteiger charge is 2.11. The van der Waals surface area contributed by atoms with Crippen LogP contribution in [0.25, 0.3) is 0 Å². The summed E-state index contributed by atoms with van der Waals surface area (Å²) in [6, 6.07) is 9.89. The van der Waals surface area contributed by atoms with Gasteiger partial charge in [-0.3, -0.25) is 0 Å². The summed E-state index contributed by atoms with van der Waals surface area (Å²) in [6.45, 7) is 8.47. The third-order valence-electron chi connectivity index (χ3n) is 1.78. The summed E-state index contributed by atoms with van der Waals surface area (Å²) in [7, 11) is -1.34. The zero-order valence-corrected chi connectivity index (χ0v) is 10.6. The van der Waals surface area contributed by atoms with Crippen molar-refractivity contribution < 1.29 is 13.6 Å². The van der Waals surface area contributed by atoms with Gasteiger partial charge in [-0.1, -0.05) is 42.5 Å². The van der Waals surface area contributed by atoms with Crippen LogP contribution in [-0.4, -0.2) is 13.2 Å². The van der Waals surface area contributed by atoms with E-state index in [4.69, 9.17) is 13.6 Å². The lowest BCUT2D eigenvalue weighted by atomic mass is 10.2. The van der Waals surface area contributed by atoms with E-state index in [9.17, 15) is 0 Å².